The van der Waals surface area contributed by atoms with E-state index in [-0.39, 0.29) is 5.91 Å². The molecule has 0 bridgehead atoms. The van der Waals surface area contributed by atoms with Crippen LogP contribution in [0.4, 0.5) is 0 Å². The van der Waals surface area contributed by atoms with E-state index in [1.807, 2.05) is 28.9 Å². The van der Waals surface area contributed by atoms with E-state index in [1.54, 1.807) is 0 Å². The summed E-state index contributed by atoms with van der Waals surface area (Å²) < 4.78 is 1.97. The van der Waals surface area contributed by atoms with Gasteiger partial charge in [0.15, 0.2) is 0 Å². The minimum absolute atomic E-state index is 0.205. The Bertz CT molecular complexity index is 407. The lowest BCUT2D eigenvalue weighted by Gasteiger charge is -2.16. The molecule has 1 fully saturated rings. The maximum Gasteiger partial charge on any atom is 0.242 e. The average Bonchev–Trinajstić information content (AvgIpc) is 3.07. The highest BCUT2D eigenvalue weighted by molar-refractivity contribution is 5.76. The fourth-order valence-corrected chi connectivity index (χ4v) is 1.95. The summed E-state index contributed by atoms with van der Waals surface area (Å²) >= 11 is 0. The maximum atomic E-state index is 12.0. The second-order valence-corrected chi connectivity index (χ2v) is 5.46. The van der Waals surface area contributed by atoms with Crippen LogP contribution in [0.2, 0.25) is 0 Å². The van der Waals surface area contributed by atoms with E-state index in [0.717, 1.165) is 19.4 Å². The van der Waals surface area contributed by atoms with Gasteiger partial charge in [0.2, 0.25) is 5.91 Å². The minimum Gasteiger partial charge on any atom is -0.345 e. The Morgan fingerprint density at radius 1 is 1.56 bits per heavy atom. The summed E-state index contributed by atoms with van der Waals surface area (Å²) in [5.41, 5.74) is 1.23. The minimum atomic E-state index is 0.205. The molecular formula is C14H23N3O. The van der Waals surface area contributed by atoms with Crippen LogP contribution in [-0.4, -0.2) is 34.5 Å². The highest BCUT2D eigenvalue weighted by Crippen LogP contribution is 2.25. The summed E-state index contributed by atoms with van der Waals surface area (Å²) in [6.45, 7) is 5.57. The first-order chi connectivity index (χ1) is 8.56. The molecule has 18 heavy (non-hydrogen) atoms. The van der Waals surface area contributed by atoms with Gasteiger partial charge in [0.1, 0.15) is 6.54 Å². The maximum absolute atomic E-state index is 12.0. The van der Waals surface area contributed by atoms with Gasteiger partial charge in [-0.05, 0) is 24.5 Å². The number of amides is 1. The van der Waals surface area contributed by atoms with Crippen molar-refractivity contribution in [1.82, 2.24) is 14.8 Å². The molecule has 0 radical (unpaired) electrons. The van der Waals surface area contributed by atoms with Gasteiger partial charge in [-0.2, -0.15) is 0 Å². The number of hydrogen-bond donors (Lipinski definition) is 1. The number of rotatable bonds is 6. The molecule has 0 aromatic carbocycles. The van der Waals surface area contributed by atoms with Crippen molar-refractivity contribution in [3.8, 4) is 0 Å². The smallest absolute Gasteiger partial charge is 0.242 e. The SMILES string of the molecule is CC(C)NCc1ccn(CC(=O)N(C)C2CC2)c1. The van der Waals surface area contributed by atoms with Gasteiger partial charge in [-0.3, -0.25) is 4.79 Å². The Hall–Kier alpha value is -1.29. The first kappa shape index (κ1) is 13.1. The predicted molar refractivity (Wildman–Crippen MR) is 72.2 cm³/mol. The number of hydrogen-bond acceptors (Lipinski definition) is 2. The molecule has 1 saturated carbocycles. The van der Waals surface area contributed by atoms with Gasteiger partial charge in [0, 0.05) is 38.1 Å². The molecule has 0 atom stereocenters. The lowest BCUT2D eigenvalue weighted by Crippen LogP contribution is -2.31. The Labute approximate surface area is 109 Å². The second kappa shape index (κ2) is 5.57. The van der Waals surface area contributed by atoms with E-state index in [2.05, 4.69) is 25.2 Å². The van der Waals surface area contributed by atoms with Crippen LogP contribution in [0.3, 0.4) is 0 Å². The van der Waals surface area contributed by atoms with Gasteiger partial charge in [-0.25, -0.2) is 0 Å². The van der Waals surface area contributed by atoms with E-state index in [0.29, 0.717) is 18.6 Å². The largest absolute Gasteiger partial charge is 0.345 e. The molecule has 1 aliphatic carbocycles. The molecule has 1 amide bonds. The topological polar surface area (TPSA) is 37.3 Å². The Morgan fingerprint density at radius 2 is 2.28 bits per heavy atom. The fraction of sp³-hybridized carbons (Fsp3) is 0.643. The standard InChI is InChI=1S/C14H23N3O/c1-11(2)15-8-12-6-7-17(9-12)10-14(18)16(3)13-4-5-13/h6-7,9,11,13,15H,4-5,8,10H2,1-3H3. The number of likely N-dealkylation sites (N-methyl/N-ethyl adjacent to an activating group) is 1. The van der Waals surface area contributed by atoms with Crippen LogP contribution in [0, 0.1) is 0 Å². The molecule has 100 valence electrons. The summed E-state index contributed by atoms with van der Waals surface area (Å²) in [5, 5.41) is 3.37. The number of carbonyl (C=O) groups is 1. The third kappa shape index (κ3) is 3.60. The zero-order chi connectivity index (χ0) is 13.1. The Kier molecular flexibility index (Phi) is 4.07. The van der Waals surface area contributed by atoms with Crippen molar-refractivity contribution in [2.24, 2.45) is 0 Å². The summed E-state index contributed by atoms with van der Waals surface area (Å²) in [7, 11) is 1.91. The molecule has 1 aromatic rings. The van der Waals surface area contributed by atoms with Crippen molar-refractivity contribution in [3.63, 3.8) is 0 Å². The van der Waals surface area contributed by atoms with Crippen LogP contribution in [0.5, 0.6) is 0 Å². The van der Waals surface area contributed by atoms with Crippen molar-refractivity contribution < 1.29 is 4.79 Å². The van der Waals surface area contributed by atoms with Crippen LogP contribution in [0.25, 0.3) is 0 Å². The van der Waals surface area contributed by atoms with Gasteiger partial charge < -0.3 is 14.8 Å². The van der Waals surface area contributed by atoms with E-state index < -0.39 is 0 Å². The highest BCUT2D eigenvalue weighted by Gasteiger charge is 2.29. The van der Waals surface area contributed by atoms with Crippen molar-refractivity contribution in [3.05, 3.63) is 24.0 Å². The Balaban J connectivity index is 1.83. The number of nitrogens with zero attached hydrogens (tertiary/aromatic N) is 2. The molecule has 1 aromatic heterocycles. The van der Waals surface area contributed by atoms with Crippen molar-refractivity contribution >= 4 is 5.91 Å². The monoisotopic (exact) mass is 249 g/mol. The molecule has 4 nitrogen and oxygen atoms in total. The molecule has 1 N–H and O–H groups in total. The van der Waals surface area contributed by atoms with E-state index in [4.69, 9.17) is 0 Å². The van der Waals surface area contributed by atoms with Crippen LogP contribution in [0.1, 0.15) is 32.3 Å². The van der Waals surface area contributed by atoms with Crippen molar-refractivity contribution in [2.75, 3.05) is 7.05 Å². The highest BCUT2D eigenvalue weighted by atomic mass is 16.2. The van der Waals surface area contributed by atoms with E-state index >= 15 is 0 Å². The van der Waals surface area contributed by atoms with Gasteiger partial charge in [-0.1, -0.05) is 13.8 Å². The fourth-order valence-electron chi connectivity index (χ4n) is 1.95. The normalized spacial score (nSPS) is 15.1. The second-order valence-electron chi connectivity index (χ2n) is 5.46. The van der Waals surface area contributed by atoms with Crippen LogP contribution in [0.15, 0.2) is 18.5 Å². The summed E-state index contributed by atoms with van der Waals surface area (Å²) in [6.07, 6.45) is 6.36. The van der Waals surface area contributed by atoms with Crippen LogP contribution >= 0.6 is 0 Å². The number of carbonyl (C=O) groups excluding carboxylic acids is 1. The molecule has 0 spiro atoms. The number of nitrogens with one attached hydrogen (secondary N) is 1. The van der Waals surface area contributed by atoms with Crippen molar-refractivity contribution in [2.45, 2.75) is 51.9 Å². The average molecular weight is 249 g/mol. The molecule has 4 heteroatoms. The van der Waals surface area contributed by atoms with Gasteiger partial charge in [-0.15, -0.1) is 0 Å². The lowest BCUT2D eigenvalue weighted by atomic mass is 10.3. The summed E-state index contributed by atoms with van der Waals surface area (Å²) in [6, 6.07) is 3.05. The van der Waals surface area contributed by atoms with Gasteiger partial charge >= 0.3 is 0 Å². The first-order valence-corrected chi connectivity index (χ1v) is 6.70. The third-order valence-electron chi connectivity index (χ3n) is 3.33. The van der Waals surface area contributed by atoms with Crippen LogP contribution < -0.4 is 5.32 Å². The molecular weight excluding hydrogens is 226 g/mol. The molecule has 2 rings (SSSR count). The van der Waals surface area contributed by atoms with Crippen molar-refractivity contribution in [1.29, 1.82) is 0 Å². The third-order valence-corrected chi connectivity index (χ3v) is 3.33. The van der Waals surface area contributed by atoms with Gasteiger partial charge in [0.25, 0.3) is 0 Å². The number of aromatic nitrogens is 1. The molecule has 0 aliphatic heterocycles. The summed E-state index contributed by atoms with van der Waals surface area (Å²) in [4.78, 5) is 13.8. The quantitative estimate of drug-likeness (QED) is 0.831. The van der Waals surface area contributed by atoms with E-state index in [9.17, 15) is 4.79 Å². The zero-order valence-electron chi connectivity index (χ0n) is 11.5. The predicted octanol–water partition coefficient (Wildman–Crippen LogP) is 1.61. The Morgan fingerprint density at radius 3 is 2.89 bits per heavy atom. The molecule has 1 heterocycles. The molecule has 1 aliphatic rings. The first-order valence-electron chi connectivity index (χ1n) is 6.70. The lowest BCUT2D eigenvalue weighted by molar-refractivity contribution is -0.131. The zero-order valence-corrected chi connectivity index (χ0v) is 11.5. The van der Waals surface area contributed by atoms with Crippen LogP contribution in [-0.2, 0) is 17.9 Å². The van der Waals surface area contributed by atoms with Gasteiger partial charge in [0.05, 0.1) is 0 Å². The molecule has 0 saturated heterocycles. The molecule has 0 unspecified atom stereocenters. The summed E-state index contributed by atoms with van der Waals surface area (Å²) in [5.74, 6) is 0.205. The van der Waals surface area contributed by atoms with E-state index in [1.165, 1.54) is 5.56 Å².